The first-order valence-electron chi connectivity index (χ1n) is 11.3. The summed E-state index contributed by atoms with van der Waals surface area (Å²) in [5.74, 6) is -0.618. The van der Waals surface area contributed by atoms with Crippen molar-refractivity contribution in [1.82, 2.24) is 20.2 Å². The highest BCUT2D eigenvalue weighted by atomic mass is 16.5. The van der Waals surface area contributed by atoms with Crippen LogP contribution in [0.3, 0.4) is 0 Å². The molecule has 1 aliphatic heterocycles. The number of amides is 1. The number of anilines is 2. The third kappa shape index (κ3) is 4.59. The van der Waals surface area contributed by atoms with E-state index < -0.39 is 12.6 Å². The number of benzene rings is 3. The lowest BCUT2D eigenvalue weighted by Crippen LogP contribution is -2.32. The molecular formula is C27H23N5O3. The van der Waals surface area contributed by atoms with E-state index in [1.54, 1.807) is 17.9 Å². The van der Waals surface area contributed by atoms with Gasteiger partial charge in [0.1, 0.15) is 0 Å². The molecule has 0 saturated carbocycles. The normalized spacial score (nSPS) is 12.9. The van der Waals surface area contributed by atoms with Gasteiger partial charge in [0.15, 0.2) is 18.1 Å². The summed E-state index contributed by atoms with van der Waals surface area (Å²) in [6.45, 7) is 1.25. The van der Waals surface area contributed by atoms with Gasteiger partial charge in [-0.05, 0) is 65.1 Å². The summed E-state index contributed by atoms with van der Waals surface area (Å²) < 4.78 is 6.83. The molecular weight excluding hydrogens is 442 g/mol. The number of nitrogens with zero attached hydrogens (tertiary/aromatic N) is 5. The number of carbonyl (C=O) groups excluding carboxylic acids is 2. The number of fused-ring (bicyclic) bond motifs is 2. The van der Waals surface area contributed by atoms with E-state index in [-0.39, 0.29) is 11.6 Å². The minimum Gasteiger partial charge on any atom is -0.451 e. The van der Waals surface area contributed by atoms with Gasteiger partial charge in [-0.3, -0.25) is 9.69 Å². The maximum atomic E-state index is 13.5. The molecule has 3 aromatic carbocycles. The molecule has 0 unspecified atom stereocenters. The molecule has 1 aliphatic rings. The second-order valence-electron chi connectivity index (χ2n) is 8.14. The van der Waals surface area contributed by atoms with Crippen LogP contribution in [0.4, 0.5) is 11.4 Å². The van der Waals surface area contributed by atoms with E-state index >= 15 is 0 Å². The van der Waals surface area contributed by atoms with Gasteiger partial charge in [-0.1, -0.05) is 66.7 Å². The van der Waals surface area contributed by atoms with Crippen LogP contribution in [0.2, 0.25) is 0 Å². The standard InChI is InChI=1S/C27H23N5O3/c1-19-28-29-30-32(19)25(17-20-9-3-2-4-10-20)27(34)35-18-26(33)31-23-13-7-5-11-21(23)15-16-22-12-6-8-14-24(22)31/h2-14,17H,15-16,18H2,1H3/b25-17-. The molecule has 0 saturated heterocycles. The third-order valence-corrected chi connectivity index (χ3v) is 5.87. The molecule has 0 aliphatic carbocycles. The van der Waals surface area contributed by atoms with Gasteiger partial charge in [0, 0.05) is 0 Å². The number of carbonyl (C=O) groups is 2. The fraction of sp³-hybridized carbons (Fsp3) is 0.148. The van der Waals surface area contributed by atoms with Gasteiger partial charge >= 0.3 is 5.97 Å². The van der Waals surface area contributed by atoms with E-state index in [4.69, 9.17) is 4.74 Å². The summed E-state index contributed by atoms with van der Waals surface area (Å²) in [6.07, 6.45) is 3.27. The number of ether oxygens (including phenoxy) is 1. The Morgan fingerprint density at radius 1 is 0.886 bits per heavy atom. The van der Waals surface area contributed by atoms with Crippen LogP contribution >= 0.6 is 0 Å². The zero-order chi connectivity index (χ0) is 24.2. The molecule has 0 bridgehead atoms. The molecule has 2 heterocycles. The lowest BCUT2D eigenvalue weighted by molar-refractivity contribution is -0.142. The fourth-order valence-corrected chi connectivity index (χ4v) is 4.18. The minimum absolute atomic E-state index is 0.114. The second kappa shape index (κ2) is 9.72. The van der Waals surface area contributed by atoms with Crippen LogP contribution in [0.5, 0.6) is 0 Å². The average Bonchev–Trinajstić information content (AvgIpc) is 3.23. The summed E-state index contributed by atoms with van der Waals surface area (Å²) in [6, 6.07) is 24.9. The number of rotatable bonds is 5. The van der Waals surface area contributed by atoms with Crippen LogP contribution < -0.4 is 4.90 Å². The van der Waals surface area contributed by atoms with Gasteiger partial charge in [0.25, 0.3) is 5.91 Å². The highest BCUT2D eigenvalue weighted by molar-refractivity contribution is 6.16. The van der Waals surface area contributed by atoms with Crippen molar-refractivity contribution in [2.45, 2.75) is 19.8 Å². The van der Waals surface area contributed by atoms with Crippen LogP contribution in [-0.4, -0.2) is 38.7 Å². The summed E-state index contributed by atoms with van der Waals surface area (Å²) in [5.41, 5.74) is 4.62. The minimum atomic E-state index is -0.700. The van der Waals surface area contributed by atoms with E-state index in [0.29, 0.717) is 5.82 Å². The van der Waals surface area contributed by atoms with Gasteiger partial charge in [-0.25, -0.2) is 4.79 Å². The Morgan fingerprint density at radius 2 is 1.49 bits per heavy atom. The van der Waals surface area contributed by atoms with Crippen molar-refractivity contribution < 1.29 is 14.3 Å². The molecule has 1 aromatic heterocycles. The first-order chi connectivity index (χ1) is 17.1. The quantitative estimate of drug-likeness (QED) is 0.327. The number of esters is 1. The molecule has 0 N–H and O–H groups in total. The summed E-state index contributed by atoms with van der Waals surface area (Å²) in [5, 5.41) is 11.4. The second-order valence-corrected chi connectivity index (χ2v) is 8.14. The number of tetrazole rings is 1. The Kier molecular flexibility index (Phi) is 6.17. The Hall–Kier alpha value is -4.59. The summed E-state index contributed by atoms with van der Waals surface area (Å²) in [4.78, 5) is 28.3. The van der Waals surface area contributed by atoms with Crippen molar-refractivity contribution in [3.05, 3.63) is 101 Å². The maximum Gasteiger partial charge on any atom is 0.357 e. The maximum absolute atomic E-state index is 13.5. The molecule has 8 heteroatoms. The highest BCUT2D eigenvalue weighted by Crippen LogP contribution is 2.36. The van der Waals surface area contributed by atoms with Crippen LogP contribution in [0.1, 0.15) is 22.5 Å². The smallest absolute Gasteiger partial charge is 0.357 e. The van der Waals surface area contributed by atoms with E-state index in [2.05, 4.69) is 15.5 Å². The molecule has 4 aromatic rings. The molecule has 0 atom stereocenters. The first kappa shape index (κ1) is 22.2. The van der Waals surface area contributed by atoms with E-state index in [9.17, 15) is 9.59 Å². The van der Waals surface area contributed by atoms with E-state index in [0.717, 1.165) is 40.9 Å². The van der Waals surface area contributed by atoms with Gasteiger partial charge in [0.2, 0.25) is 0 Å². The van der Waals surface area contributed by atoms with Crippen molar-refractivity contribution in [2.75, 3.05) is 11.5 Å². The first-order valence-corrected chi connectivity index (χ1v) is 11.3. The van der Waals surface area contributed by atoms with Gasteiger partial charge < -0.3 is 4.74 Å². The number of para-hydroxylation sites is 2. The average molecular weight is 466 g/mol. The number of aromatic nitrogens is 4. The van der Waals surface area contributed by atoms with Gasteiger partial charge in [-0.15, -0.1) is 5.10 Å². The predicted molar refractivity (Wildman–Crippen MR) is 132 cm³/mol. The number of hydrogen-bond donors (Lipinski definition) is 0. The zero-order valence-corrected chi connectivity index (χ0v) is 19.2. The fourth-order valence-electron chi connectivity index (χ4n) is 4.18. The van der Waals surface area contributed by atoms with Gasteiger partial charge in [-0.2, -0.15) is 4.68 Å². The van der Waals surface area contributed by atoms with Crippen molar-refractivity contribution in [2.24, 2.45) is 0 Å². The van der Waals surface area contributed by atoms with Crippen molar-refractivity contribution in [1.29, 1.82) is 0 Å². The molecule has 5 rings (SSSR count). The zero-order valence-electron chi connectivity index (χ0n) is 19.2. The van der Waals surface area contributed by atoms with E-state index in [1.807, 2.05) is 78.9 Å². The Bertz CT molecular complexity index is 1360. The number of hydrogen-bond acceptors (Lipinski definition) is 6. The molecule has 0 fully saturated rings. The summed E-state index contributed by atoms with van der Waals surface area (Å²) in [7, 11) is 0. The van der Waals surface area contributed by atoms with Crippen molar-refractivity contribution >= 4 is 35.0 Å². The topological polar surface area (TPSA) is 90.2 Å². The molecule has 174 valence electrons. The SMILES string of the molecule is Cc1nnnn1/C(=C\c1ccccc1)C(=O)OCC(=O)N1c2ccccc2CCc2ccccc21. The van der Waals surface area contributed by atoms with E-state index in [1.165, 1.54) is 4.68 Å². The molecule has 0 radical (unpaired) electrons. The molecule has 1 amide bonds. The lowest BCUT2D eigenvalue weighted by atomic mass is 10.0. The predicted octanol–water partition coefficient (Wildman–Crippen LogP) is 3.99. The lowest BCUT2D eigenvalue weighted by Gasteiger charge is -2.25. The van der Waals surface area contributed by atoms with Crippen LogP contribution in [0.25, 0.3) is 11.8 Å². The monoisotopic (exact) mass is 465 g/mol. The van der Waals surface area contributed by atoms with Crippen LogP contribution in [-0.2, 0) is 27.2 Å². The third-order valence-electron chi connectivity index (χ3n) is 5.87. The number of aryl methyl sites for hydroxylation is 3. The van der Waals surface area contributed by atoms with Gasteiger partial charge in [0.05, 0.1) is 11.4 Å². The van der Waals surface area contributed by atoms with Crippen LogP contribution in [0.15, 0.2) is 78.9 Å². The molecule has 35 heavy (non-hydrogen) atoms. The summed E-state index contributed by atoms with van der Waals surface area (Å²) >= 11 is 0. The molecule has 8 nitrogen and oxygen atoms in total. The molecule has 0 spiro atoms. The highest BCUT2D eigenvalue weighted by Gasteiger charge is 2.27. The Balaban J connectivity index is 1.43. The largest absolute Gasteiger partial charge is 0.451 e. The Morgan fingerprint density at radius 3 is 2.09 bits per heavy atom. The Labute approximate surface area is 202 Å². The van der Waals surface area contributed by atoms with Crippen molar-refractivity contribution in [3.8, 4) is 0 Å². The van der Waals surface area contributed by atoms with Crippen LogP contribution in [0, 0.1) is 6.92 Å². The van der Waals surface area contributed by atoms with Crippen molar-refractivity contribution in [3.63, 3.8) is 0 Å².